The van der Waals surface area contributed by atoms with Crippen LogP contribution in [0.15, 0.2) is 18.2 Å². The molecular weight excluding hydrogens is 283 g/mol. The third kappa shape index (κ3) is 2.50. The first-order valence-corrected chi connectivity index (χ1v) is 6.79. The van der Waals surface area contributed by atoms with Crippen molar-refractivity contribution in [1.29, 1.82) is 0 Å². The fourth-order valence-corrected chi connectivity index (χ4v) is 2.53. The lowest BCUT2D eigenvalue weighted by Crippen LogP contribution is -2.64. The monoisotopic (exact) mass is 298 g/mol. The molecule has 1 fully saturated rings. The molecular formula is C14H16ClFN2O2. The fraction of sp³-hybridized carbons (Fsp3) is 0.429. The zero-order valence-corrected chi connectivity index (χ0v) is 12.2. The van der Waals surface area contributed by atoms with E-state index in [0.29, 0.717) is 5.02 Å². The first kappa shape index (κ1) is 14.8. The van der Waals surface area contributed by atoms with Crippen molar-refractivity contribution < 1.29 is 14.0 Å². The van der Waals surface area contributed by atoms with Gasteiger partial charge in [0.05, 0.1) is 5.69 Å². The number of anilines is 1. The van der Waals surface area contributed by atoms with Crippen LogP contribution < -0.4 is 10.2 Å². The summed E-state index contributed by atoms with van der Waals surface area (Å²) in [5.41, 5.74) is 0.0444. The van der Waals surface area contributed by atoms with E-state index in [1.54, 1.807) is 6.92 Å². The van der Waals surface area contributed by atoms with E-state index in [9.17, 15) is 14.0 Å². The molecule has 20 heavy (non-hydrogen) atoms. The van der Waals surface area contributed by atoms with Gasteiger partial charge in [0, 0.05) is 5.02 Å². The normalized spacial score (nSPS) is 23.2. The van der Waals surface area contributed by atoms with Crippen LogP contribution in [-0.4, -0.2) is 23.9 Å². The number of carbonyl (C=O) groups excluding carboxylic acids is 2. The van der Waals surface area contributed by atoms with Gasteiger partial charge in [-0.2, -0.15) is 0 Å². The number of carbonyl (C=O) groups is 2. The summed E-state index contributed by atoms with van der Waals surface area (Å²) in [6.45, 7) is 5.19. The maximum absolute atomic E-state index is 14.0. The Morgan fingerprint density at radius 1 is 1.35 bits per heavy atom. The van der Waals surface area contributed by atoms with Crippen LogP contribution >= 0.6 is 11.6 Å². The minimum absolute atomic E-state index is 0.0444. The number of hydrogen-bond acceptors (Lipinski definition) is 2. The van der Waals surface area contributed by atoms with Crippen LogP contribution in [0.4, 0.5) is 10.1 Å². The second-order valence-corrected chi connectivity index (χ2v) is 5.66. The van der Waals surface area contributed by atoms with Gasteiger partial charge in [-0.25, -0.2) is 4.39 Å². The molecule has 1 aliphatic rings. The van der Waals surface area contributed by atoms with Crippen molar-refractivity contribution in [2.24, 2.45) is 5.92 Å². The molecule has 0 spiro atoms. The van der Waals surface area contributed by atoms with Gasteiger partial charge < -0.3 is 5.32 Å². The number of halogens is 2. The van der Waals surface area contributed by atoms with Gasteiger partial charge in [0.15, 0.2) is 0 Å². The van der Waals surface area contributed by atoms with E-state index in [2.05, 4.69) is 5.32 Å². The summed E-state index contributed by atoms with van der Waals surface area (Å²) in [5, 5.41) is 2.92. The lowest BCUT2D eigenvalue weighted by Gasteiger charge is -2.39. The maximum Gasteiger partial charge on any atom is 0.250 e. The van der Waals surface area contributed by atoms with Crippen LogP contribution in [0.2, 0.25) is 5.02 Å². The summed E-state index contributed by atoms with van der Waals surface area (Å²) in [7, 11) is 0. The van der Waals surface area contributed by atoms with E-state index >= 15 is 0 Å². The topological polar surface area (TPSA) is 49.4 Å². The molecule has 0 bridgehead atoms. The molecule has 1 saturated heterocycles. The first-order chi connectivity index (χ1) is 9.32. The Morgan fingerprint density at radius 3 is 2.60 bits per heavy atom. The van der Waals surface area contributed by atoms with Crippen LogP contribution in [0.5, 0.6) is 0 Å². The van der Waals surface area contributed by atoms with Gasteiger partial charge in [0.2, 0.25) is 11.8 Å². The van der Waals surface area contributed by atoms with Crippen LogP contribution in [0.1, 0.15) is 20.8 Å². The van der Waals surface area contributed by atoms with Crippen LogP contribution in [0, 0.1) is 11.7 Å². The van der Waals surface area contributed by atoms with E-state index in [4.69, 9.17) is 11.6 Å². The average molecular weight is 299 g/mol. The predicted octanol–water partition coefficient (Wildman–Crippen LogP) is 2.35. The SMILES string of the molecule is CC1NC(=O)C(C(C)C)N(c2cc(Cl)ccc2F)C1=O. The Labute approximate surface area is 121 Å². The summed E-state index contributed by atoms with van der Waals surface area (Å²) in [4.78, 5) is 25.7. The summed E-state index contributed by atoms with van der Waals surface area (Å²) >= 11 is 5.88. The van der Waals surface area contributed by atoms with Crippen LogP contribution in [-0.2, 0) is 9.59 Å². The molecule has 0 aromatic heterocycles. The molecule has 2 rings (SSSR count). The Balaban J connectivity index is 2.55. The summed E-state index contributed by atoms with van der Waals surface area (Å²) < 4.78 is 14.0. The minimum Gasteiger partial charge on any atom is -0.343 e. The molecule has 1 heterocycles. The highest BCUT2D eigenvalue weighted by atomic mass is 35.5. The molecule has 0 aliphatic carbocycles. The van der Waals surface area contributed by atoms with Crippen molar-refractivity contribution in [1.82, 2.24) is 5.32 Å². The second kappa shape index (κ2) is 5.40. The third-order valence-electron chi connectivity index (χ3n) is 3.31. The van der Waals surface area contributed by atoms with E-state index in [1.165, 1.54) is 23.1 Å². The number of piperazine rings is 1. The average Bonchev–Trinajstić information content (AvgIpc) is 2.36. The smallest absolute Gasteiger partial charge is 0.250 e. The highest BCUT2D eigenvalue weighted by molar-refractivity contribution is 6.31. The van der Waals surface area contributed by atoms with E-state index < -0.39 is 17.9 Å². The number of nitrogens with zero attached hydrogens (tertiary/aromatic N) is 1. The Kier molecular flexibility index (Phi) is 3.99. The third-order valence-corrected chi connectivity index (χ3v) is 3.55. The van der Waals surface area contributed by atoms with Crippen molar-refractivity contribution in [3.05, 3.63) is 29.0 Å². The molecule has 1 N–H and O–H groups in total. The number of rotatable bonds is 2. The largest absolute Gasteiger partial charge is 0.343 e. The number of benzene rings is 1. The van der Waals surface area contributed by atoms with E-state index in [1.807, 2.05) is 13.8 Å². The van der Waals surface area contributed by atoms with Gasteiger partial charge in [-0.1, -0.05) is 25.4 Å². The van der Waals surface area contributed by atoms with Crippen molar-refractivity contribution in [2.45, 2.75) is 32.9 Å². The first-order valence-electron chi connectivity index (χ1n) is 6.41. The number of amides is 2. The Morgan fingerprint density at radius 2 is 2.00 bits per heavy atom. The summed E-state index contributed by atoms with van der Waals surface area (Å²) in [6, 6.07) is 2.54. The lowest BCUT2D eigenvalue weighted by atomic mass is 9.96. The van der Waals surface area contributed by atoms with Crippen LogP contribution in [0.25, 0.3) is 0 Å². The standard InChI is InChI=1S/C14H16ClFN2O2/c1-7(2)12-13(19)17-8(3)14(20)18(12)11-6-9(15)4-5-10(11)16/h4-8,12H,1-3H3,(H,17,19). The molecule has 1 aliphatic heterocycles. The molecule has 2 atom stereocenters. The van der Waals surface area contributed by atoms with Crippen LogP contribution in [0.3, 0.4) is 0 Å². The fourth-order valence-electron chi connectivity index (χ4n) is 2.36. The number of nitrogens with one attached hydrogen (secondary N) is 1. The minimum atomic E-state index is -0.744. The van der Waals surface area contributed by atoms with Crippen molar-refractivity contribution in [3.8, 4) is 0 Å². The van der Waals surface area contributed by atoms with Gasteiger partial charge in [-0.3, -0.25) is 14.5 Å². The van der Waals surface area contributed by atoms with E-state index in [-0.39, 0.29) is 23.4 Å². The van der Waals surface area contributed by atoms with Crippen molar-refractivity contribution in [2.75, 3.05) is 4.90 Å². The second-order valence-electron chi connectivity index (χ2n) is 5.22. The van der Waals surface area contributed by atoms with Gasteiger partial charge >= 0.3 is 0 Å². The molecule has 1 aromatic carbocycles. The van der Waals surface area contributed by atoms with Crippen molar-refractivity contribution >= 4 is 29.1 Å². The highest BCUT2D eigenvalue weighted by Gasteiger charge is 2.42. The Hall–Kier alpha value is -1.62. The van der Waals surface area contributed by atoms with Gasteiger partial charge in [-0.05, 0) is 31.0 Å². The zero-order chi connectivity index (χ0) is 15.0. The molecule has 1 aromatic rings. The molecule has 2 unspecified atom stereocenters. The highest BCUT2D eigenvalue weighted by Crippen LogP contribution is 2.30. The summed E-state index contributed by atoms with van der Waals surface area (Å²) in [6.07, 6.45) is 0. The van der Waals surface area contributed by atoms with Gasteiger partial charge in [-0.15, -0.1) is 0 Å². The molecule has 108 valence electrons. The molecule has 6 heteroatoms. The van der Waals surface area contributed by atoms with Gasteiger partial charge in [0.25, 0.3) is 0 Å². The molecule has 2 amide bonds. The lowest BCUT2D eigenvalue weighted by molar-refractivity contribution is -0.134. The molecule has 0 radical (unpaired) electrons. The quantitative estimate of drug-likeness (QED) is 0.911. The van der Waals surface area contributed by atoms with Crippen molar-refractivity contribution in [3.63, 3.8) is 0 Å². The maximum atomic E-state index is 14.0. The van der Waals surface area contributed by atoms with Gasteiger partial charge in [0.1, 0.15) is 17.9 Å². The van der Waals surface area contributed by atoms with E-state index in [0.717, 1.165) is 0 Å². The predicted molar refractivity (Wildman–Crippen MR) is 75.1 cm³/mol. The zero-order valence-electron chi connectivity index (χ0n) is 11.5. The Bertz CT molecular complexity index is 562. The number of hydrogen-bond donors (Lipinski definition) is 1. The molecule has 4 nitrogen and oxygen atoms in total. The molecule has 0 saturated carbocycles. The summed E-state index contributed by atoms with van der Waals surface area (Å²) in [5.74, 6) is -1.35.